The van der Waals surface area contributed by atoms with E-state index in [1.807, 2.05) is 26.1 Å². The summed E-state index contributed by atoms with van der Waals surface area (Å²) in [5, 5.41) is 4.92. The van der Waals surface area contributed by atoms with Crippen LogP contribution in [0.5, 0.6) is 5.75 Å². The highest BCUT2D eigenvalue weighted by molar-refractivity contribution is 9.11. The summed E-state index contributed by atoms with van der Waals surface area (Å²) in [6, 6.07) is 4.03. The Bertz CT molecular complexity index is 635. The third kappa shape index (κ3) is 3.80. The van der Waals surface area contributed by atoms with Gasteiger partial charge in [-0.2, -0.15) is 5.10 Å². The zero-order valence-corrected chi connectivity index (χ0v) is 15.7. The minimum absolute atomic E-state index is 0.351. The van der Waals surface area contributed by atoms with Crippen LogP contribution in [-0.2, 0) is 20.1 Å². The lowest BCUT2D eigenvalue weighted by Gasteiger charge is -2.12. The van der Waals surface area contributed by atoms with E-state index in [1.54, 1.807) is 4.68 Å². The summed E-state index contributed by atoms with van der Waals surface area (Å²) < 4.78 is 9.40. The van der Waals surface area contributed by atoms with Gasteiger partial charge in [0.2, 0.25) is 0 Å². The van der Waals surface area contributed by atoms with Gasteiger partial charge in [-0.15, -0.1) is 0 Å². The van der Waals surface area contributed by atoms with E-state index in [1.165, 1.54) is 0 Å². The monoisotopic (exact) mass is 435 g/mol. The lowest BCUT2D eigenvalue weighted by molar-refractivity contribution is 0.291. The van der Waals surface area contributed by atoms with Gasteiger partial charge in [-0.25, -0.2) is 0 Å². The quantitative estimate of drug-likeness (QED) is 0.770. The van der Waals surface area contributed by atoms with Gasteiger partial charge in [0.1, 0.15) is 12.4 Å². The number of hydrogen-bond donors (Lipinski definition) is 1. The number of ether oxygens (including phenoxy) is 1. The summed E-state index contributed by atoms with van der Waals surface area (Å²) in [6.45, 7) is 2.84. The van der Waals surface area contributed by atoms with Crippen LogP contribution in [0.15, 0.2) is 21.1 Å². The van der Waals surface area contributed by atoms with E-state index in [4.69, 9.17) is 22.1 Å². The highest BCUT2D eigenvalue weighted by atomic mass is 79.9. The molecule has 0 spiro atoms. The third-order valence-corrected chi connectivity index (χ3v) is 4.78. The molecule has 1 aromatic heterocycles. The van der Waals surface area contributed by atoms with Gasteiger partial charge < -0.3 is 10.5 Å². The highest BCUT2D eigenvalue weighted by Crippen LogP contribution is 2.36. The maximum Gasteiger partial charge on any atom is 0.148 e. The zero-order chi connectivity index (χ0) is 15.6. The van der Waals surface area contributed by atoms with E-state index in [9.17, 15) is 0 Å². The molecule has 0 unspecified atom stereocenters. The van der Waals surface area contributed by atoms with Crippen LogP contribution in [0.1, 0.15) is 17.0 Å². The molecule has 0 radical (unpaired) electrons. The first-order chi connectivity index (χ1) is 9.93. The molecular formula is C14H16Br2ClN3O. The van der Waals surface area contributed by atoms with Gasteiger partial charge in [0.25, 0.3) is 0 Å². The van der Waals surface area contributed by atoms with E-state index < -0.39 is 0 Å². The van der Waals surface area contributed by atoms with Crippen LogP contribution in [0.3, 0.4) is 0 Å². The van der Waals surface area contributed by atoms with Crippen LogP contribution >= 0.6 is 43.5 Å². The molecule has 0 bridgehead atoms. The Morgan fingerprint density at radius 1 is 1.33 bits per heavy atom. The second kappa shape index (κ2) is 7.13. The predicted octanol–water partition coefficient (Wildman–Crippen LogP) is 3.99. The van der Waals surface area contributed by atoms with Gasteiger partial charge in [-0.3, -0.25) is 4.68 Å². The first-order valence-electron chi connectivity index (χ1n) is 6.42. The fourth-order valence-electron chi connectivity index (χ4n) is 2.04. The van der Waals surface area contributed by atoms with Crippen molar-refractivity contribution in [2.75, 3.05) is 6.54 Å². The van der Waals surface area contributed by atoms with Crippen LogP contribution in [0.2, 0.25) is 5.02 Å². The molecule has 7 heteroatoms. The minimum atomic E-state index is 0.351. The van der Waals surface area contributed by atoms with Crippen molar-refractivity contribution in [3.8, 4) is 5.75 Å². The first-order valence-corrected chi connectivity index (χ1v) is 8.39. The van der Waals surface area contributed by atoms with Crippen molar-refractivity contribution in [2.45, 2.75) is 20.0 Å². The van der Waals surface area contributed by atoms with Crippen LogP contribution in [0, 0.1) is 6.92 Å². The standard InChI is InChI=1S/C14H16Br2ClN3O/c1-8-13(17)12(20(2)19-8)7-21-14-10(15)5-9(3-4-18)6-11(14)16/h5-6H,3-4,7,18H2,1-2H3. The Labute approximate surface area is 145 Å². The second-order valence-corrected chi connectivity index (χ2v) is 6.77. The maximum absolute atomic E-state index is 6.23. The number of aromatic nitrogens is 2. The summed E-state index contributed by atoms with van der Waals surface area (Å²) in [6.07, 6.45) is 0.824. The first kappa shape index (κ1) is 16.8. The lowest BCUT2D eigenvalue weighted by atomic mass is 10.1. The van der Waals surface area contributed by atoms with Gasteiger partial charge >= 0.3 is 0 Å². The molecule has 2 N–H and O–H groups in total. The molecule has 1 aromatic carbocycles. The molecule has 0 atom stereocenters. The molecular weight excluding hydrogens is 421 g/mol. The van der Waals surface area contributed by atoms with Crippen molar-refractivity contribution in [1.29, 1.82) is 0 Å². The van der Waals surface area contributed by atoms with Gasteiger partial charge in [-0.1, -0.05) is 11.6 Å². The van der Waals surface area contributed by atoms with Crippen molar-refractivity contribution in [1.82, 2.24) is 9.78 Å². The molecule has 1 heterocycles. The molecule has 0 fully saturated rings. The molecule has 114 valence electrons. The Kier molecular flexibility index (Phi) is 5.71. The number of halogens is 3. The van der Waals surface area contributed by atoms with Crippen LogP contribution < -0.4 is 10.5 Å². The molecule has 4 nitrogen and oxygen atoms in total. The Balaban J connectivity index is 2.20. The number of benzene rings is 1. The van der Waals surface area contributed by atoms with Crippen molar-refractivity contribution >= 4 is 43.5 Å². The lowest BCUT2D eigenvalue weighted by Crippen LogP contribution is -2.05. The normalized spacial score (nSPS) is 11.0. The summed E-state index contributed by atoms with van der Waals surface area (Å²) in [4.78, 5) is 0. The van der Waals surface area contributed by atoms with E-state index in [0.29, 0.717) is 18.2 Å². The van der Waals surface area contributed by atoms with Crippen molar-refractivity contribution in [3.63, 3.8) is 0 Å². The number of nitrogens with zero attached hydrogens (tertiary/aromatic N) is 2. The average Bonchev–Trinajstić information content (AvgIpc) is 2.64. The molecule has 2 rings (SSSR count). The highest BCUT2D eigenvalue weighted by Gasteiger charge is 2.14. The molecule has 0 aliphatic carbocycles. The average molecular weight is 438 g/mol. The second-order valence-electron chi connectivity index (χ2n) is 4.69. The van der Waals surface area contributed by atoms with Gasteiger partial charge in [0, 0.05) is 7.05 Å². The van der Waals surface area contributed by atoms with E-state index >= 15 is 0 Å². The number of hydrogen-bond acceptors (Lipinski definition) is 3. The van der Waals surface area contributed by atoms with E-state index in [-0.39, 0.29) is 0 Å². The largest absolute Gasteiger partial charge is 0.485 e. The van der Waals surface area contributed by atoms with Crippen molar-refractivity contribution in [2.24, 2.45) is 12.8 Å². The number of rotatable bonds is 5. The molecule has 21 heavy (non-hydrogen) atoms. The molecule has 0 amide bonds. The van der Waals surface area contributed by atoms with Gasteiger partial charge in [0.15, 0.2) is 0 Å². The topological polar surface area (TPSA) is 53.1 Å². The summed E-state index contributed by atoms with van der Waals surface area (Å²) in [5.41, 5.74) is 8.38. The van der Waals surface area contributed by atoms with Crippen LogP contribution in [0.4, 0.5) is 0 Å². The Morgan fingerprint density at radius 2 is 1.95 bits per heavy atom. The van der Waals surface area contributed by atoms with Crippen molar-refractivity contribution < 1.29 is 4.74 Å². The third-order valence-electron chi connectivity index (χ3n) is 3.11. The van der Waals surface area contributed by atoms with E-state index in [0.717, 1.165) is 38.1 Å². The molecule has 0 aliphatic rings. The maximum atomic E-state index is 6.23. The molecule has 0 saturated carbocycles. The Hall–Kier alpha value is -0.560. The zero-order valence-electron chi connectivity index (χ0n) is 11.8. The van der Waals surface area contributed by atoms with E-state index in [2.05, 4.69) is 37.0 Å². The van der Waals surface area contributed by atoms with Gasteiger partial charge in [-0.05, 0) is 69.4 Å². The van der Waals surface area contributed by atoms with Crippen LogP contribution in [-0.4, -0.2) is 16.3 Å². The summed E-state index contributed by atoms with van der Waals surface area (Å²) >= 11 is 13.3. The number of nitrogens with two attached hydrogens (primary N) is 1. The fraction of sp³-hybridized carbons (Fsp3) is 0.357. The van der Waals surface area contributed by atoms with Gasteiger partial charge in [0.05, 0.1) is 25.4 Å². The fourth-order valence-corrected chi connectivity index (χ4v) is 3.76. The predicted molar refractivity (Wildman–Crippen MR) is 91.9 cm³/mol. The molecule has 0 aliphatic heterocycles. The minimum Gasteiger partial charge on any atom is -0.485 e. The molecule has 2 aromatic rings. The van der Waals surface area contributed by atoms with Crippen LogP contribution in [0.25, 0.3) is 0 Å². The van der Waals surface area contributed by atoms with Crippen molar-refractivity contribution in [3.05, 3.63) is 43.1 Å². The molecule has 0 saturated heterocycles. The summed E-state index contributed by atoms with van der Waals surface area (Å²) in [5.74, 6) is 0.741. The number of aryl methyl sites for hydroxylation is 2. The Morgan fingerprint density at radius 3 is 2.43 bits per heavy atom. The summed E-state index contributed by atoms with van der Waals surface area (Å²) in [7, 11) is 1.85. The smallest absolute Gasteiger partial charge is 0.148 e. The SMILES string of the molecule is Cc1nn(C)c(COc2c(Br)cc(CCN)cc2Br)c1Cl.